The van der Waals surface area contributed by atoms with Gasteiger partial charge in [0.1, 0.15) is 0 Å². The number of rotatable bonds is 0. The van der Waals surface area contributed by atoms with Gasteiger partial charge in [0, 0.05) is 0 Å². The fourth-order valence-electron chi connectivity index (χ4n) is 0.694. The van der Waals surface area contributed by atoms with E-state index in [0.717, 1.165) is 29.0 Å². The number of fused-ring (bicyclic) bond motifs is 1. The molecular weight excluding hydrogens is 230 g/mol. The summed E-state index contributed by atoms with van der Waals surface area (Å²) in [6.45, 7) is 0. The SMILES string of the molecule is c1cc2cc[se]c2[se]1. The molecule has 40 valence electrons. The van der Waals surface area contributed by atoms with Crippen LogP contribution in [-0.4, -0.2) is 29.0 Å². The van der Waals surface area contributed by atoms with Crippen LogP contribution in [0.2, 0.25) is 0 Å². The molecule has 2 heterocycles. The summed E-state index contributed by atoms with van der Waals surface area (Å²) in [6, 6.07) is 4.50. The summed E-state index contributed by atoms with van der Waals surface area (Å²) in [5.41, 5.74) is 0. The Morgan fingerprint density at radius 1 is 1.00 bits per heavy atom. The molecule has 0 unspecified atom stereocenters. The molecule has 0 radical (unpaired) electrons. The minimum absolute atomic E-state index is 0.735. The minimum atomic E-state index is 0.735. The van der Waals surface area contributed by atoms with Crippen LogP contribution in [0.1, 0.15) is 0 Å². The fraction of sp³-hybridized carbons (Fsp3) is 0. The zero-order valence-corrected chi connectivity index (χ0v) is 7.55. The van der Waals surface area contributed by atoms with Crippen molar-refractivity contribution >= 4 is 37.5 Å². The van der Waals surface area contributed by atoms with Crippen LogP contribution in [0, 0.1) is 0 Å². The summed E-state index contributed by atoms with van der Waals surface area (Å²) in [7, 11) is 0. The van der Waals surface area contributed by atoms with Crippen molar-refractivity contribution in [1.29, 1.82) is 0 Å². The first-order valence-electron chi connectivity index (χ1n) is 2.37. The van der Waals surface area contributed by atoms with Gasteiger partial charge in [0.25, 0.3) is 0 Å². The predicted octanol–water partition coefficient (Wildman–Crippen LogP) is 0.954. The van der Waals surface area contributed by atoms with E-state index in [1.165, 1.54) is 5.39 Å². The molecule has 0 saturated heterocycles. The van der Waals surface area contributed by atoms with Gasteiger partial charge in [-0.05, 0) is 0 Å². The molecule has 0 aliphatic carbocycles. The second-order valence-corrected chi connectivity index (χ2v) is 6.74. The number of hydrogen-bond acceptors (Lipinski definition) is 0. The van der Waals surface area contributed by atoms with E-state index >= 15 is 0 Å². The molecule has 0 bridgehead atoms. The molecule has 0 fully saturated rings. The van der Waals surface area contributed by atoms with Crippen molar-refractivity contribution in [1.82, 2.24) is 0 Å². The van der Waals surface area contributed by atoms with Gasteiger partial charge in [-0.1, -0.05) is 0 Å². The van der Waals surface area contributed by atoms with Crippen LogP contribution in [0.25, 0.3) is 8.52 Å². The molecule has 0 spiro atoms. The standard InChI is InChI=1S/C6H4Se2/c1-3-7-6-5(1)2-4-8-6/h1-4H. The van der Waals surface area contributed by atoms with Crippen LogP contribution in [0.4, 0.5) is 0 Å². The first kappa shape index (κ1) is 5.08. The molecule has 2 aromatic heterocycles. The Labute approximate surface area is 59.6 Å². The van der Waals surface area contributed by atoms with E-state index < -0.39 is 0 Å². The van der Waals surface area contributed by atoms with Crippen LogP contribution < -0.4 is 0 Å². The second kappa shape index (κ2) is 1.89. The summed E-state index contributed by atoms with van der Waals surface area (Å²) >= 11 is 1.47. The number of hydrogen-bond donors (Lipinski definition) is 0. The van der Waals surface area contributed by atoms with Gasteiger partial charge >= 0.3 is 59.5 Å². The summed E-state index contributed by atoms with van der Waals surface area (Å²) in [5.74, 6) is 0. The van der Waals surface area contributed by atoms with Crippen molar-refractivity contribution in [2.45, 2.75) is 0 Å². The maximum atomic E-state index is 2.31. The molecule has 2 heteroatoms. The Morgan fingerprint density at radius 3 is 2.12 bits per heavy atom. The zero-order valence-electron chi connectivity index (χ0n) is 4.13. The molecule has 0 N–H and O–H groups in total. The van der Waals surface area contributed by atoms with Gasteiger partial charge in [0.2, 0.25) is 0 Å². The van der Waals surface area contributed by atoms with E-state index in [9.17, 15) is 0 Å². The van der Waals surface area contributed by atoms with E-state index in [4.69, 9.17) is 0 Å². The predicted molar refractivity (Wildman–Crippen MR) is 37.8 cm³/mol. The van der Waals surface area contributed by atoms with Crippen LogP contribution in [0.3, 0.4) is 0 Å². The Bertz CT molecular complexity index is 228. The van der Waals surface area contributed by atoms with E-state index in [-0.39, 0.29) is 0 Å². The summed E-state index contributed by atoms with van der Waals surface area (Å²) < 4.78 is 1.73. The van der Waals surface area contributed by atoms with Crippen molar-refractivity contribution in [2.24, 2.45) is 0 Å². The third-order valence-corrected chi connectivity index (χ3v) is 6.21. The first-order valence-corrected chi connectivity index (χ1v) is 6.06. The molecule has 2 rings (SSSR count). The van der Waals surface area contributed by atoms with Gasteiger partial charge in [-0.3, -0.25) is 0 Å². The molecule has 0 saturated carbocycles. The molecule has 0 aliphatic rings. The van der Waals surface area contributed by atoms with Crippen LogP contribution in [-0.2, 0) is 0 Å². The Kier molecular flexibility index (Phi) is 1.20. The van der Waals surface area contributed by atoms with Crippen LogP contribution >= 0.6 is 0 Å². The van der Waals surface area contributed by atoms with Gasteiger partial charge in [-0.2, -0.15) is 0 Å². The summed E-state index contributed by atoms with van der Waals surface area (Å²) in [5, 5.41) is 1.52. The molecule has 0 nitrogen and oxygen atoms in total. The van der Waals surface area contributed by atoms with Crippen molar-refractivity contribution in [3.05, 3.63) is 22.0 Å². The second-order valence-electron chi connectivity index (χ2n) is 1.58. The molecule has 0 amide bonds. The van der Waals surface area contributed by atoms with E-state index in [2.05, 4.69) is 22.0 Å². The van der Waals surface area contributed by atoms with Crippen molar-refractivity contribution in [2.75, 3.05) is 0 Å². The summed E-state index contributed by atoms with van der Waals surface area (Å²) in [6.07, 6.45) is 0. The van der Waals surface area contributed by atoms with Gasteiger partial charge in [0.15, 0.2) is 0 Å². The first-order chi connectivity index (χ1) is 3.97. The third-order valence-electron chi connectivity index (χ3n) is 1.08. The molecule has 8 heavy (non-hydrogen) atoms. The van der Waals surface area contributed by atoms with E-state index in [0.29, 0.717) is 0 Å². The van der Waals surface area contributed by atoms with Crippen molar-refractivity contribution in [3.63, 3.8) is 0 Å². The molecule has 0 aromatic carbocycles. The van der Waals surface area contributed by atoms with Crippen LogP contribution in [0.5, 0.6) is 0 Å². The van der Waals surface area contributed by atoms with Crippen LogP contribution in [0.15, 0.2) is 22.0 Å². The quantitative estimate of drug-likeness (QED) is 0.595. The van der Waals surface area contributed by atoms with E-state index in [1.807, 2.05) is 0 Å². The molecule has 0 atom stereocenters. The van der Waals surface area contributed by atoms with Gasteiger partial charge in [-0.25, -0.2) is 0 Å². The van der Waals surface area contributed by atoms with Crippen molar-refractivity contribution in [3.8, 4) is 0 Å². The average Bonchev–Trinajstić information content (AvgIpc) is 2.15. The molecular formula is C6H4Se2. The monoisotopic (exact) mass is 236 g/mol. The van der Waals surface area contributed by atoms with Gasteiger partial charge in [-0.15, -0.1) is 0 Å². The average molecular weight is 234 g/mol. The van der Waals surface area contributed by atoms with Gasteiger partial charge < -0.3 is 0 Å². The normalized spacial score (nSPS) is 10.5. The zero-order chi connectivity index (χ0) is 5.40. The Morgan fingerprint density at radius 2 is 1.62 bits per heavy atom. The van der Waals surface area contributed by atoms with Gasteiger partial charge in [0.05, 0.1) is 0 Å². The fourth-order valence-corrected chi connectivity index (χ4v) is 5.19. The third kappa shape index (κ3) is 0.655. The Hall–Kier alpha value is 0.259. The topological polar surface area (TPSA) is 0 Å². The molecule has 0 aliphatic heterocycles. The van der Waals surface area contributed by atoms with E-state index in [1.54, 1.807) is 3.13 Å². The summed E-state index contributed by atoms with van der Waals surface area (Å²) in [4.78, 5) is 4.62. The Balaban J connectivity index is 3.06. The maximum absolute atomic E-state index is 2.31. The molecule has 2 aromatic rings. The van der Waals surface area contributed by atoms with Crippen molar-refractivity contribution < 1.29 is 0 Å².